The van der Waals surface area contributed by atoms with Crippen LogP contribution in [0.4, 0.5) is 0 Å². The summed E-state index contributed by atoms with van der Waals surface area (Å²) in [6, 6.07) is 10.6. The summed E-state index contributed by atoms with van der Waals surface area (Å²) in [6.07, 6.45) is 1.48. The summed E-state index contributed by atoms with van der Waals surface area (Å²) in [5.74, 6) is 0. The van der Waals surface area contributed by atoms with Crippen LogP contribution in [0.2, 0.25) is 0 Å². The Balaban J connectivity index is 2.59. The lowest BCUT2D eigenvalue weighted by Gasteiger charge is -2.28. The first kappa shape index (κ1) is 13.2. The van der Waals surface area contributed by atoms with E-state index in [1.54, 1.807) is 0 Å². The zero-order chi connectivity index (χ0) is 12.0. The van der Waals surface area contributed by atoms with Crippen molar-refractivity contribution >= 4 is 0 Å². The summed E-state index contributed by atoms with van der Waals surface area (Å²) >= 11 is 0. The van der Waals surface area contributed by atoms with Crippen LogP contribution in [0.1, 0.15) is 32.8 Å². The molecule has 1 rings (SSSR count). The SMILES string of the molecule is CCC(O)(CNC(C)C)Cc1ccccc1. The third-order valence-corrected chi connectivity index (χ3v) is 2.87. The van der Waals surface area contributed by atoms with E-state index in [0.29, 0.717) is 19.0 Å². The van der Waals surface area contributed by atoms with E-state index in [2.05, 4.69) is 31.3 Å². The molecule has 0 saturated carbocycles. The lowest BCUT2D eigenvalue weighted by molar-refractivity contribution is 0.0349. The molecular weight excluding hydrogens is 198 g/mol. The van der Waals surface area contributed by atoms with Crippen LogP contribution < -0.4 is 5.32 Å². The van der Waals surface area contributed by atoms with E-state index >= 15 is 0 Å². The van der Waals surface area contributed by atoms with E-state index in [4.69, 9.17) is 0 Å². The summed E-state index contributed by atoms with van der Waals surface area (Å²) in [5.41, 5.74) is 0.559. The van der Waals surface area contributed by atoms with Crippen LogP contribution in [0, 0.1) is 0 Å². The fourth-order valence-corrected chi connectivity index (χ4v) is 1.68. The van der Waals surface area contributed by atoms with Gasteiger partial charge in [0.1, 0.15) is 0 Å². The summed E-state index contributed by atoms with van der Waals surface area (Å²) < 4.78 is 0. The first-order valence-electron chi connectivity index (χ1n) is 6.05. The quantitative estimate of drug-likeness (QED) is 0.773. The van der Waals surface area contributed by atoms with Crippen LogP contribution in [-0.4, -0.2) is 23.3 Å². The van der Waals surface area contributed by atoms with Crippen LogP contribution in [-0.2, 0) is 6.42 Å². The van der Waals surface area contributed by atoms with Gasteiger partial charge in [-0.3, -0.25) is 0 Å². The predicted octanol–water partition coefficient (Wildman–Crippen LogP) is 2.37. The predicted molar refractivity (Wildman–Crippen MR) is 68.5 cm³/mol. The molecular formula is C14H23NO. The third-order valence-electron chi connectivity index (χ3n) is 2.87. The molecule has 0 aliphatic carbocycles. The summed E-state index contributed by atoms with van der Waals surface area (Å²) in [6.45, 7) is 6.87. The van der Waals surface area contributed by atoms with E-state index in [1.165, 1.54) is 5.56 Å². The summed E-state index contributed by atoms with van der Waals surface area (Å²) in [5, 5.41) is 13.8. The number of hydrogen-bond acceptors (Lipinski definition) is 2. The number of nitrogens with one attached hydrogen (secondary N) is 1. The fraction of sp³-hybridized carbons (Fsp3) is 0.571. The lowest BCUT2D eigenvalue weighted by Crippen LogP contribution is -2.44. The summed E-state index contributed by atoms with van der Waals surface area (Å²) in [7, 11) is 0. The molecule has 0 amide bonds. The largest absolute Gasteiger partial charge is 0.388 e. The smallest absolute Gasteiger partial charge is 0.0809 e. The molecule has 2 nitrogen and oxygen atoms in total. The van der Waals surface area contributed by atoms with Crippen LogP contribution in [0.5, 0.6) is 0 Å². The lowest BCUT2D eigenvalue weighted by atomic mass is 9.91. The van der Waals surface area contributed by atoms with E-state index in [9.17, 15) is 5.11 Å². The van der Waals surface area contributed by atoms with Crippen molar-refractivity contribution in [3.05, 3.63) is 35.9 Å². The molecule has 1 aromatic carbocycles. The van der Waals surface area contributed by atoms with E-state index in [0.717, 1.165) is 6.42 Å². The topological polar surface area (TPSA) is 32.3 Å². The molecule has 16 heavy (non-hydrogen) atoms. The van der Waals surface area contributed by atoms with Crippen molar-refractivity contribution in [1.82, 2.24) is 5.32 Å². The van der Waals surface area contributed by atoms with E-state index < -0.39 is 5.60 Å². The minimum atomic E-state index is -0.633. The maximum Gasteiger partial charge on any atom is 0.0809 e. The minimum Gasteiger partial charge on any atom is -0.388 e. The minimum absolute atomic E-state index is 0.411. The van der Waals surface area contributed by atoms with Crippen LogP contribution in [0.15, 0.2) is 30.3 Å². The highest BCUT2D eigenvalue weighted by atomic mass is 16.3. The van der Waals surface area contributed by atoms with Crippen molar-refractivity contribution in [2.75, 3.05) is 6.54 Å². The molecule has 0 heterocycles. The Hall–Kier alpha value is -0.860. The van der Waals surface area contributed by atoms with Gasteiger partial charge in [0, 0.05) is 19.0 Å². The molecule has 2 N–H and O–H groups in total. The molecule has 1 aromatic rings. The van der Waals surface area contributed by atoms with Gasteiger partial charge in [-0.25, -0.2) is 0 Å². The van der Waals surface area contributed by atoms with Gasteiger partial charge in [-0.05, 0) is 12.0 Å². The molecule has 0 bridgehead atoms. The number of benzene rings is 1. The second kappa shape index (κ2) is 6.02. The Morgan fingerprint density at radius 3 is 2.38 bits per heavy atom. The van der Waals surface area contributed by atoms with Gasteiger partial charge in [0.15, 0.2) is 0 Å². The van der Waals surface area contributed by atoms with Gasteiger partial charge in [0.2, 0.25) is 0 Å². The average Bonchev–Trinajstić information content (AvgIpc) is 2.28. The Morgan fingerprint density at radius 1 is 1.25 bits per heavy atom. The van der Waals surface area contributed by atoms with Crippen molar-refractivity contribution < 1.29 is 5.11 Å². The molecule has 0 aliphatic rings. The molecule has 1 unspecified atom stereocenters. The van der Waals surface area contributed by atoms with Gasteiger partial charge in [-0.15, -0.1) is 0 Å². The van der Waals surface area contributed by atoms with Crippen LogP contribution in [0.25, 0.3) is 0 Å². The highest BCUT2D eigenvalue weighted by molar-refractivity contribution is 5.17. The molecule has 0 saturated heterocycles. The zero-order valence-corrected chi connectivity index (χ0v) is 10.5. The van der Waals surface area contributed by atoms with Crippen LogP contribution >= 0.6 is 0 Å². The van der Waals surface area contributed by atoms with Crippen molar-refractivity contribution in [3.8, 4) is 0 Å². The maximum absolute atomic E-state index is 10.5. The van der Waals surface area contributed by atoms with Crippen LogP contribution in [0.3, 0.4) is 0 Å². The Kier molecular flexibility index (Phi) is 4.97. The van der Waals surface area contributed by atoms with Gasteiger partial charge in [-0.1, -0.05) is 51.1 Å². The number of aliphatic hydroxyl groups is 1. The van der Waals surface area contributed by atoms with Crippen molar-refractivity contribution in [3.63, 3.8) is 0 Å². The Bertz CT molecular complexity index is 297. The molecule has 0 fully saturated rings. The van der Waals surface area contributed by atoms with E-state index in [1.807, 2.05) is 25.1 Å². The van der Waals surface area contributed by atoms with Gasteiger partial charge < -0.3 is 10.4 Å². The van der Waals surface area contributed by atoms with Gasteiger partial charge in [0.05, 0.1) is 5.60 Å². The van der Waals surface area contributed by atoms with Crippen molar-refractivity contribution in [2.24, 2.45) is 0 Å². The fourth-order valence-electron chi connectivity index (χ4n) is 1.68. The zero-order valence-electron chi connectivity index (χ0n) is 10.5. The molecule has 0 spiro atoms. The molecule has 90 valence electrons. The molecule has 1 atom stereocenters. The first-order chi connectivity index (χ1) is 7.56. The van der Waals surface area contributed by atoms with E-state index in [-0.39, 0.29) is 0 Å². The Labute approximate surface area is 98.7 Å². The second-order valence-electron chi connectivity index (χ2n) is 4.78. The monoisotopic (exact) mass is 221 g/mol. The van der Waals surface area contributed by atoms with Crippen molar-refractivity contribution in [1.29, 1.82) is 0 Å². The van der Waals surface area contributed by atoms with Gasteiger partial charge in [0.25, 0.3) is 0 Å². The maximum atomic E-state index is 10.5. The third kappa shape index (κ3) is 4.33. The molecule has 0 aromatic heterocycles. The molecule has 0 radical (unpaired) electrons. The molecule has 0 aliphatic heterocycles. The average molecular weight is 221 g/mol. The number of hydrogen-bond donors (Lipinski definition) is 2. The second-order valence-corrected chi connectivity index (χ2v) is 4.78. The number of rotatable bonds is 6. The highest BCUT2D eigenvalue weighted by Crippen LogP contribution is 2.16. The normalized spacial score (nSPS) is 15.1. The van der Waals surface area contributed by atoms with Gasteiger partial charge >= 0.3 is 0 Å². The highest BCUT2D eigenvalue weighted by Gasteiger charge is 2.24. The first-order valence-corrected chi connectivity index (χ1v) is 6.05. The molecule has 2 heteroatoms. The van der Waals surface area contributed by atoms with Crippen molar-refractivity contribution in [2.45, 2.75) is 45.3 Å². The summed E-state index contributed by atoms with van der Waals surface area (Å²) in [4.78, 5) is 0. The Morgan fingerprint density at radius 2 is 1.88 bits per heavy atom. The van der Waals surface area contributed by atoms with Gasteiger partial charge in [-0.2, -0.15) is 0 Å². The standard InChI is InChI=1S/C14H23NO/c1-4-14(16,11-15-12(2)3)10-13-8-6-5-7-9-13/h5-9,12,15-16H,4,10-11H2,1-3H3.